The molecule has 40 heavy (non-hydrogen) atoms. The van der Waals surface area contributed by atoms with Gasteiger partial charge in [-0.2, -0.15) is 0 Å². The van der Waals surface area contributed by atoms with Crippen molar-refractivity contribution in [1.82, 2.24) is 0 Å². The quantitative estimate of drug-likeness (QED) is 0.153. The van der Waals surface area contributed by atoms with E-state index in [1.807, 2.05) is 106 Å². The highest BCUT2D eigenvalue weighted by Gasteiger charge is 2.36. The fourth-order valence-corrected chi connectivity index (χ4v) is 4.53. The van der Waals surface area contributed by atoms with Crippen LogP contribution < -0.4 is 4.74 Å². The van der Waals surface area contributed by atoms with Crippen molar-refractivity contribution in [2.45, 2.75) is 65.1 Å². The van der Waals surface area contributed by atoms with Crippen LogP contribution in [0.5, 0.6) is 5.75 Å². The average molecular weight is 543 g/mol. The van der Waals surface area contributed by atoms with Gasteiger partial charge in [0, 0.05) is 0 Å². The largest absolute Gasteiger partial charge is 0.497 e. The Morgan fingerprint density at radius 1 is 0.775 bits per heavy atom. The summed E-state index contributed by atoms with van der Waals surface area (Å²) >= 11 is 0. The smallest absolute Gasteiger partial charge is 0.310 e. The Morgan fingerprint density at radius 3 is 2.00 bits per heavy atom. The number of esters is 2. The first-order chi connectivity index (χ1) is 19.2. The summed E-state index contributed by atoms with van der Waals surface area (Å²) in [6.07, 6.45) is 7.43. The van der Waals surface area contributed by atoms with Gasteiger partial charge in [-0.1, -0.05) is 91.4 Å². The van der Waals surface area contributed by atoms with Crippen molar-refractivity contribution in [2.75, 3.05) is 7.11 Å². The van der Waals surface area contributed by atoms with Crippen molar-refractivity contribution in [1.29, 1.82) is 0 Å². The van der Waals surface area contributed by atoms with Crippen LogP contribution in [-0.2, 0) is 32.1 Å². The highest BCUT2D eigenvalue weighted by molar-refractivity contribution is 5.82. The maximum absolute atomic E-state index is 13.5. The molecule has 2 atom stereocenters. The molecule has 0 spiro atoms. The van der Waals surface area contributed by atoms with Crippen LogP contribution in [0.2, 0.25) is 0 Å². The molecular formula is C35H42O5. The van der Waals surface area contributed by atoms with Gasteiger partial charge in [0.15, 0.2) is 0 Å². The summed E-state index contributed by atoms with van der Waals surface area (Å²) in [5, 5.41) is 0. The molecular weight excluding hydrogens is 500 g/mol. The molecule has 0 N–H and O–H groups in total. The van der Waals surface area contributed by atoms with Crippen LogP contribution >= 0.6 is 0 Å². The van der Waals surface area contributed by atoms with Crippen LogP contribution in [0.4, 0.5) is 0 Å². The fourth-order valence-electron chi connectivity index (χ4n) is 4.53. The summed E-state index contributed by atoms with van der Waals surface area (Å²) in [5.41, 5.74) is 2.49. The van der Waals surface area contributed by atoms with Crippen molar-refractivity contribution < 1.29 is 23.8 Å². The number of ether oxygens (including phenoxy) is 3. The van der Waals surface area contributed by atoms with Crippen LogP contribution in [-0.4, -0.2) is 24.6 Å². The van der Waals surface area contributed by atoms with E-state index in [2.05, 4.69) is 12.1 Å². The molecule has 3 rings (SSSR count). The minimum absolute atomic E-state index is 0.170. The van der Waals surface area contributed by atoms with Crippen LogP contribution in [0.25, 0.3) is 6.08 Å². The Morgan fingerprint density at radius 2 is 1.40 bits per heavy atom. The Balaban J connectivity index is 1.78. The molecule has 0 saturated carbocycles. The van der Waals surface area contributed by atoms with E-state index in [0.717, 1.165) is 36.1 Å². The lowest BCUT2D eigenvalue weighted by Crippen LogP contribution is -2.36. The lowest BCUT2D eigenvalue weighted by Gasteiger charge is -2.28. The van der Waals surface area contributed by atoms with Crippen LogP contribution in [0.1, 0.15) is 63.1 Å². The summed E-state index contributed by atoms with van der Waals surface area (Å²) in [4.78, 5) is 27.0. The molecule has 0 bridgehead atoms. The second kappa shape index (κ2) is 15.7. The van der Waals surface area contributed by atoms with E-state index in [-0.39, 0.29) is 18.5 Å². The summed E-state index contributed by atoms with van der Waals surface area (Å²) in [6.45, 7) is 5.70. The third kappa shape index (κ3) is 10.7. The SMILES string of the molecule is COc1ccc(/C=C/C[C@H](C(=O)OC(C)(C)C)[C@@H](CCCCc2ccccc2)C(=O)OCc2ccccc2)cc1. The van der Waals surface area contributed by atoms with Gasteiger partial charge in [-0.3, -0.25) is 9.59 Å². The number of aryl methyl sites for hydroxylation is 1. The number of hydrogen-bond donors (Lipinski definition) is 0. The number of carbonyl (C=O) groups excluding carboxylic acids is 2. The monoisotopic (exact) mass is 542 g/mol. The summed E-state index contributed by atoms with van der Waals surface area (Å²) in [6, 6.07) is 27.6. The van der Waals surface area contributed by atoms with Crippen molar-refractivity contribution in [2.24, 2.45) is 11.8 Å². The van der Waals surface area contributed by atoms with Gasteiger partial charge in [-0.15, -0.1) is 0 Å². The van der Waals surface area contributed by atoms with E-state index in [1.54, 1.807) is 7.11 Å². The Labute approximate surface area is 239 Å². The first kappa shape index (κ1) is 30.7. The van der Waals surface area contributed by atoms with E-state index in [4.69, 9.17) is 14.2 Å². The van der Waals surface area contributed by atoms with Gasteiger partial charge in [-0.25, -0.2) is 0 Å². The highest BCUT2D eigenvalue weighted by atomic mass is 16.6. The minimum atomic E-state index is -0.666. The standard InChI is InChI=1S/C35H42O5/c1-35(2,3)40-34(37)32(21-13-19-28-22-24-30(38-4)25-23-28)31(20-12-11-16-27-14-7-5-8-15-27)33(36)39-26-29-17-9-6-10-18-29/h5-10,13-15,17-19,22-25,31-32H,11-12,16,20-21,26H2,1-4H3/b19-13+/t31-,32+/m1/s1. The van der Waals surface area contributed by atoms with E-state index in [9.17, 15) is 9.59 Å². The lowest BCUT2D eigenvalue weighted by molar-refractivity contribution is -0.169. The van der Waals surface area contributed by atoms with Crippen LogP contribution in [0, 0.1) is 11.8 Å². The molecule has 0 aliphatic carbocycles. The number of rotatable bonds is 14. The second-order valence-corrected chi connectivity index (χ2v) is 11.0. The van der Waals surface area contributed by atoms with Crippen LogP contribution in [0.15, 0.2) is 91.0 Å². The molecule has 0 fully saturated rings. The normalized spacial score (nSPS) is 13.0. The topological polar surface area (TPSA) is 61.8 Å². The second-order valence-electron chi connectivity index (χ2n) is 11.0. The molecule has 0 amide bonds. The van der Waals surface area contributed by atoms with E-state index < -0.39 is 17.4 Å². The maximum Gasteiger partial charge on any atom is 0.310 e. The fraction of sp³-hybridized carbons (Fsp3) is 0.371. The molecule has 0 unspecified atom stereocenters. The number of unbranched alkanes of at least 4 members (excludes halogenated alkanes) is 1. The summed E-state index contributed by atoms with van der Waals surface area (Å²) in [7, 11) is 1.63. The Hall–Kier alpha value is -3.86. The van der Waals surface area contributed by atoms with Gasteiger partial charge < -0.3 is 14.2 Å². The van der Waals surface area contributed by atoms with E-state index >= 15 is 0 Å². The number of methoxy groups -OCH3 is 1. The maximum atomic E-state index is 13.5. The molecule has 5 heteroatoms. The molecule has 0 aromatic heterocycles. The molecule has 0 aliphatic heterocycles. The number of benzene rings is 3. The zero-order valence-electron chi connectivity index (χ0n) is 24.2. The van der Waals surface area contributed by atoms with Crippen molar-refractivity contribution in [3.05, 3.63) is 108 Å². The Bertz CT molecular complexity index is 1190. The number of allylic oxidation sites excluding steroid dienone is 1. The van der Waals surface area contributed by atoms with E-state index in [1.165, 1.54) is 5.56 Å². The predicted molar refractivity (Wildman–Crippen MR) is 160 cm³/mol. The molecule has 3 aromatic carbocycles. The average Bonchev–Trinajstić information content (AvgIpc) is 2.95. The van der Waals surface area contributed by atoms with Crippen molar-refractivity contribution in [3.63, 3.8) is 0 Å². The number of hydrogen-bond acceptors (Lipinski definition) is 5. The summed E-state index contributed by atoms with van der Waals surface area (Å²) < 4.78 is 16.8. The zero-order chi connectivity index (χ0) is 28.8. The third-order valence-corrected chi connectivity index (χ3v) is 6.61. The molecule has 212 valence electrons. The van der Waals surface area contributed by atoms with Gasteiger partial charge in [-0.05, 0) is 75.3 Å². The Kier molecular flexibility index (Phi) is 12.0. The molecule has 0 heterocycles. The van der Waals surface area contributed by atoms with Gasteiger partial charge >= 0.3 is 11.9 Å². The molecule has 0 saturated heterocycles. The van der Waals surface area contributed by atoms with Crippen molar-refractivity contribution >= 4 is 18.0 Å². The first-order valence-corrected chi connectivity index (χ1v) is 14.0. The minimum Gasteiger partial charge on any atom is -0.497 e. The van der Waals surface area contributed by atoms with Crippen molar-refractivity contribution in [3.8, 4) is 5.75 Å². The zero-order valence-corrected chi connectivity index (χ0v) is 24.2. The van der Waals surface area contributed by atoms with Gasteiger partial charge in [0.05, 0.1) is 18.9 Å². The van der Waals surface area contributed by atoms with E-state index in [0.29, 0.717) is 12.8 Å². The lowest BCUT2D eigenvalue weighted by atomic mass is 9.84. The van der Waals surface area contributed by atoms with Gasteiger partial charge in [0.25, 0.3) is 0 Å². The van der Waals surface area contributed by atoms with Gasteiger partial charge in [0.2, 0.25) is 0 Å². The predicted octanol–water partition coefficient (Wildman–Crippen LogP) is 7.83. The third-order valence-electron chi connectivity index (χ3n) is 6.61. The first-order valence-electron chi connectivity index (χ1n) is 14.0. The highest BCUT2D eigenvalue weighted by Crippen LogP contribution is 2.29. The van der Waals surface area contributed by atoms with Gasteiger partial charge in [0.1, 0.15) is 18.0 Å². The molecule has 0 aliphatic rings. The molecule has 5 nitrogen and oxygen atoms in total. The molecule has 3 aromatic rings. The van der Waals surface area contributed by atoms with Crippen LogP contribution in [0.3, 0.4) is 0 Å². The number of carbonyl (C=O) groups is 2. The summed E-state index contributed by atoms with van der Waals surface area (Å²) in [5.74, 6) is -1.24. The molecule has 0 radical (unpaired) electrons.